The van der Waals surface area contributed by atoms with Gasteiger partial charge in [0, 0.05) is 28.7 Å². The van der Waals surface area contributed by atoms with E-state index in [1.54, 1.807) is 18.2 Å². The first-order valence-corrected chi connectivity index (χ1v) is 12.5. The molecule has 0 fully saturated rings. The third-order valence-electron chi connectivity index (χ3n) is 5.99. The van der Waals surface area contributed by atoms with Crippen LogP contribution in [0.1, 0.15) is 30.6 Å². The Hall–Kier alpha value is -3.97. The number of carbonyl (C=O) groups is 2. The molecule has 1 unspecified atom stereocenters. The second-order valence-electron chi connectivity index (χ2n) is 9.07. The van der Waals surface area contributed by atoms with Gasteiger partial charge in [-0.15, -0.1) is 0 Å². The molecule has 1 atom stereocenters. The molecule has 0 spiro atoms. The molecule has 0 aliphatic carbocycles. The highest BCUT2D eigenvalue weighted by Crippen LogP contribution is 2.34. The molecule has 0 radical (unpaired) electrons. The Balaban J connectivity index is 1.36. The van der Waals surface area contributed by atoms with Crippen molar-refractivity contribution in [3.63, 3.8) is 0 Å². The molecule has 0 bridgehead atoms. The van der Waals surface area contributed by atoms with Crippen LogP contribution in [0.4, 0.5) is 5.69 Å². The van der Waals surface area contributed by atoms with E-state index in [9.17, 15) is 9.59 Å². The number of furan rings is 1. The monoisotopic (exact) mass is 520 g/mol. The molecule has 1 heterocycles. The van der Waals surface area contributed by atoms with E-state index in [0.717, 1.165) is 22.2 Å². The molecule has 3 aromatic carbocycles. The predicted molar refractivity (Wildman–Crippen MR) is 145 cm³/mol. The predicted octanol–water partition coefficient (Wildman–Crippen LogP) is 6.47. The fraction of sp³-hybridized carbons (Fsp3) is 0.241. The summed E-state index contributed by atoms with van der Waals surface area (Å²) in [6.07, 6.45) is -0.116. The molecular formula is C29H29ClN2O5. The first-order valence-electron chi connectivity index (χ1n) is 12.1. The Morgan fingerprint density at radius 1 is 1.03 bits per heavy atom. The molecule has 0 aliphatic heterocycles. The van der Waals surface area contributed by atoms with Gasteiger partial charge in [0.2, 0.25) is 0 Å². The molecule has 1 amide bonds. The summed E-state index contributed by atoms with van der Waals surface area (Å²) >= 11 is 6.57. The van der Waals surface area contributed by atoms with Gasteiger partial charge < -0.3 is 24.9 Å². The van der Waals surface area contributed by atoms with E-state index in [1.807, 2.05) is 54.6 Å². The largest absolute Gasteiger partial charge is 0.491 e. The van der Waals surface area contributed by atoms with Gasteiger partial charge in [0.05, 0.1) is 17.5 Å². The summed E-state index contributed by atoms with van der Waals surface area (Å²) in [6, 6.07) is 22.4. The number of nitrogens with one attached hydrogen (secondary N) is 2. The summed E-state index contributed by atoms with van der Waals surface area (Å²) in [7, 11) is 0. The third-order valence-corrected chi connectivity index (χ3v) is 6.30. The van der Waals surface area contributed by atoms with E-state index in [1.165, 1.54) is 0 Å². The van der Waals surface area contributed by atoms with Gasteiger partial charge in [-0.05, 0) is 60.5 Å². The highest BCUT2D eigenvalue weighted by Gasteiger charge is 2.16. The number of ether oxygens (including phenoxy) is 1. The summed E-state index contributed by atoms with van der Waals surface area (Å²) < 4.78 is 12.0. The lowest BCUT2D eigenvalue weighted by Crippen LogP contribution is -2.32. The normalized spacial score (nSPS) is 11.9. The number of carboxylic acids is 1. The minimum Gasteiger partial charge on any atom is -0.491 e. The molecule has 4 aromatic rings. The van der Waals surface area contributed by atoms with Crippen molar-refractivity contribution in [2.24, 2.45) is 5.92 Å². The van der Waals surface area contributed by atoms with Crippen LogP contribution < -0.4 is 15.4 Å². The van der Waals surface area contributed by atoms with Crippen LogP contribution in [0.15, 0.2) is 77.2 Å². The average Bonchev–Trinajstić information content (AvgIpc) is 3.30. The van der Waals surface area contributed by atoms with E-state index >= 15 is 0 Å². The standard InChI is InChI=1S/C29H29ClN2O5/c1-18(2)25(32-21-9-7-19(8-10-21)29(35)31-14-13-28(33)34)17-36-22-11-12-23(24(30)16-22)27-15-20-5-3-4-6-26(20)37-27/h3-12,15-16,18,25,32H,13-14,17H2,1-2H3,(H,31,35)(H,33,34). The van der Waals surface area contributed by atoms with Crippen LogP contribution in [0.25, 0.3) is 22.3 Å². The quantitative estimate of drug-likeness (QED) is 0.209. The van der Waals surface area contributed by atoms with Crippen LogP contribution in [-0.4, -0.2) is 36.2 Å². The summed E-state index contributed by atoms with van der Waals surface area (Å²) in [6.45, 7) is 4.70. The number of carboxylic acid groups (broad SMARTS) is 1. The SMILES string of the molecule is CC(C)C(COc1ccc(-c2cc3ccccc3o2)c(Cl)c1)Nc1ccc(C(=O)NCCC(=O)O)cc1. The lowest BCUT2D eigenvalue weighted by atomic mass is 10.0. The fourth-order valence-electron chi connectivity index (χ4n) is 3.80. The number of para-hydroxylation sites is 1. The molecule has 37 heavy (non-hydrogen) atoms. The Morgan fingerprint density at radius 3 is 2.46 bits per heavy atom. The minimum atomic E-state index is -0.953. The highest BCUT2D eigenvalue weighted by molar-refractivity contribution is 6.33. The first kappa shape index (κ1) is 26.1. The molecular weight excluding hydrogens is 492 g/mol. The van der Waals surface area contributed by atoms with E-state index in [4.69, 9.17) is 25.9 Å². The van der Waals surface area contributed by atoms with E-state index < -0.39 is 5.97 Å². The van der Waals surface area contributed by atoms with E-state index in [0.29, 0.717) is 28.7 Å². The zero-order valence-electron chi connectivity index (χ0n) is 20.7. The number of halogens is 1. The number of benzene rings is 3. The number of aliphatic carboxylic acids is 1. The van der Waals surface area contributed by atoms with Crippen LogP contribution >= 0.6 is 11.6 Å². The van der Waals surface area contributed by atoms with Gasteiger partial charge in [-0.1, -0.05) is 43.6 Å². The highest BCUT2D eigenvalue weighted by atomic mass is 35.5. The zero-order chi connectivity index (χ0) is 26.4. The Kier molecular flexibility index (Phi) is 8.36. The molecule has 3 N–H and O–H groups in total. The smallest absolute Gasteiger partial charge is 0.305 e. The Labute approximate surface area is 220 Å². The van der Waals surface area contributed by atoms with Crippen LogP contribution in [-0.2, 0) is 4.79 Å². The van der Waals surface area contributed by atoms with Crippen LogP contribution in [0.3, 0.4) is 0 Å². The Morgan fingerprint density at radius 2 is 1.78 bits per heavy atom. The van der Waals surface area contributed by atoms with Crippen molar-refractivity contribution in [1.82, 2.24) is 5.32 Å². The number of hydrogen-bond donors (Lipinski definition) is 3. The second kappa shape index (κ2) is 11.8. The van der Waals surface area contributed by atoms with Crippen molar-refractivity contribution in [3.8, 4) is 17.1 Å². The Bertz CT molecular complexity index is 1350. The van der Waals surface area contributed by atoms with Crippen LogP contribution in [0.2, 0.25) is 5.02 Å². The van der Waals surface area contributed by atoms with Gasteiger partial charge in [0.15, 0.2) is 0 Å². The molecule has 1 aromatic heterocycles. The first-order chi connectivity index (χ1) is 17.8. The number of fused-ring (bicyclic) bond motifs is 1. The number of carbonyl (C=O) groups excluding carboxylic acids is 1. The summed E-state index contributed by atoms with van der Waals surface area (Å²) in [5, 5.41) is 16.3. The summed E-state index contributed by atoms with van der Waals surface area (Å²) in [4.78, 5) is 22.8. The van der Waals surface area contributed by atoms with E-state index in [2.05, 4.69) is 24.5 Å². The molecule has 4 rings (SSSR count). The van der Waals surface area contributed by atoms with Crippen molar-refractivity contribution < 1.29 is 23.8 Å². The molecule has 8 heteroatoms. The van der Waals surface area contributed by atoms with Gasteiger partial charge in [-0.3, -0.25) is 9.59 Å². The number of hydrogen-bond acceptors (Lipinski definition) is 5. The topological polar surface area (TPSA) is 101 Å². The maximum Gasteiger partial charge on any atom is 0.305 e. The van der Waals surface area contributed by atoms with Crippen molar-refractivity contribution in [2.45, 2.75) is 26.3 Å². The molecule has 7 nitrogen and oxygen atoms in total. The molecule has 0 saturated carbocycles. The number of amides is 1. The lowest BCUT2D eigenvalue weighted by molar-refractivity contribution is -0.136. The van der Waals surface area contributed by atoms with E-state index in [-0.39, 0.29) is 30.8 Å². The van der Waals surface area contributed by atoms with Crippen molar-refractivity contribution in [2.75, 3.05) is 18.5 Å². The number of anilines is 1. The van der Waals surface area contributed by atoms with Crippen molar-refractivity contribution in [3.05, 3.63) is 83.4 Å². The second-order valence-corrected chi connectivity index (χ2v) is 9.48. The van der Waals surface area contributed by atoms with Gasteiger partial charge in [-0.25, -0.2) is 0 Å². The fourth-order valence-corrected chi connectivity index (χ4v) is 4.07. The van der Waals surface area contributed by atoms with Gasteiger partial charge in [-0.2, -0.15) is 0 Å². The van der Waals surface area contributed by atoms with Gasteiger partial charge >= 0.3 is 5.97 Å². The van der Waals surface area contributed by atoms with Crippen molar-refractivity contribution >= 4 is 40.1 Å². The summed E-state index contributed by atoms with van der Waals surface area (Å²) in [5.41, 5.74) is 2.93. The van der Waals surface area contributed by atoms with Crippen LogP contribution in [0.5, 0.6) is 5.75 Å². The zero-order valence-corrected chi connectivity index (χ0v) is 21.4. The maximum absolute atomic E-state index is 12.2. The summed E-state index contributed by atoms with van der Waals surface area (Å²) in [5.74, 6) is 0.374. The number of rotatable bonds is 11. The van der Waals surface area contributed by atoms with Crippen molar-refractivity contribution in [1.29, 1.82) is 0 Å². The maximum atomic E-state index is 12.2. The average molecular weight is 521 g/mol. The third kappa shape index (κ3) is 6.83. The van der Waals surface area contributed by atoms with Gasteiger partial charge in [0.25, 0.3) is 5.91 Å². The molecule has 192 valence electrons. The van der Waals surface area contributed by atoms with Gasteiger partial charge in [0.1, 0.15) is 23.7 Å². The van der Waals surface area contributed by atoms with Crippen LogP contribution in [0, 0.1) is 5.92 Å². The lowest BCUT2D eigenvalue weighted by Gasteiger charge is -2.24. The minimum absolute atomic E-state index is 0.00377. The molecule has 0 aliphatic rings. The molecule has 0 saturated heterocycles.